The molecule has 6 heteroatoms. The number of halogens is 2. The topological polar surface area (TPSA) is 55.0 Å². The molecule has 0 aliphatic rings. The van der Waals surface area contributed by atoms with Crippen molar-refractivity contribution in [2.24, 2.45) is 0 Å². The first kappa shape index (κ1) is 15.8. The van der Waals surface area contributed by atoms with E-state index < -0.39 is 0 Å². The number of nitriles is 1. The predicted octanol–water partition coefficient (Wildman–Crippen LogP) is 3.96. The summed E-state index contributed by atoms with van der Waals surface area (Å²) in [5.74, 6) is 0.606. The van der Waals surface area contributed by atoms with Crippen LogP contribution in [0.3, 0.4) is 0 Å². The van der Waals surface area contributed by atoms with E-state index >= 15 is 0 Å². The fourth-order valence-electron chi connectivity index (χ4n) is 2.01. The molecule has 0 bridgehead atoms. The smallest absolute Gasteiger partial charge is 0.265 e. The van der Waals surface area contributed by atoms with E-state index in [1.807, 2.05) is 25.1 Å². The second kappa shape index (κ2) is 6.92. The standard InChI is InChI=1S/C15H12Br2N2O2/c1-2-19-14(6-5-12(16)15(19)20)11-4-3-10(9-13(11)17)21-8-7-18/h3-6,9H,2,8H2,1H3. The molecule has 0 unspecified atom stereocenters. The fourth-order valence-corrected chi connectivity index (χ4v) is 2.92. The lowest BCUT2D eigenvalue weighted by atomic mass is 10.1. The van der Waals surface area contributed by atoms with Crippen molar-refractivity contribution in [1.29, 1.82) is 5.26 Å². The van der Waals surface area contributed by atoms with Gasteiger partial charge < -0.3 is 9.30 Å². The van der Waals surface area contributed by atoms with Gasteiger partial charge in [0.1, 0.15) is 11.8 Å². The second-order valence-electron chi connectivity index (χ2n) is 4.20. The number of benzene rings is 1. The number of nitrogens with zero attached hydrogens (tertiary/aromatic N) is 2. The van der Waals surface area contributed by atoms with Gasteiger partial charge in [0, 0.05) is 16.6 Å². The highest BCUT2D eigenvalue weighted by Crippen LogP contribution is 2.31. The Morgan fingerprint density at radius 2 is 2.00 bits per heavy atom. The summed E-state index contributed by atoms with van der Waals surface area (Å²) < 4.78 is 8.30. The third kappa shape index (κ3) is 3.36. The van der Waals surface area contributed by atoms with Crippen molar-refractivity contribution >= 4 is 31.9 Å². The molecule has 1 aromatic carbocycles. The molecular formula is C15H12Br2N2O2. The molecule has 0 aliphatic carbocycles. The molecule has 0 saturated carbocycles. The SMILES string of the molecule is CCn1c(-c2ccc(OCC#N)cc2Br)ccc(Br)c1=O. The van der Waals surface area contributed by atoms with E-state index in [0.717, 1.165) is 15.7 Å². The molecule has 0 amide bonds. The Morgan fingerprint density at radius 3 is 2.62 bits per heavy atom. The van der Waals surface area contributed by atoms with Gasteiger partial charge in [0.05, 0.1) is 10.2 Å². The Kier molecular flexibility index (Phi) is 5.21. The molecule has 4 nitrogen and oxygen atoms in total. The number of hydrogen-bond acceptors (Lipinski definition) is 3. The first-order valence-corrected chi connectivity index (χ1v) is 7.86. The Labute approximate surface area is 139 Å². The Morgan fingerprint density at radius 1 is 1.24 bits per heavy atom. The summed E-state index contributed by atoms with van der Waals surface area (Å²) in [5.41, 5.74) is 1.65. The van der Waals surface area contributed by atoms with E-state index in [1.54, 1.807) is 22.8 Å². The molecule has 0 radical (unpaired) electrons. The first-order chi connectivity index (χ1) is 10.1. The van der Waals surface area contributed by atoms with Crippen LogP contribution in [-0.4, -0.2) is 11.2 Å². The number of rotatable bonds is 4. The summed E-state index contributed by atoms with van der Waals surface area (Å²) >= 11 is 6.75. The van der Waals surface area contributed by atoms with Gasteiger partial charge in [-0.2, -0.15) is 5.26 Å². The van der Waals surface area contributed by atoms with Crippen molar-refractivity contribution in [2.45, 2.75) is 13.5 Å². The highest BCUT2D eigenvalue weighted by molar-refractivity contribution is 9.10. The Hall–Kier alpha value is -1.58. The van der Waals surface area contributed by atoms with Crippen LogP contribution in [0.15, 0.2) is 44.1 Å². The summed E-state index contributed by atoms with van der Waals surface area (Å²) in [5, 5.41) is 8.53. The minimum Gasteiger partial charge on any atom is -0.479 e. The summed E-state index contributed by atoms with van der Waals surface area (Å²) in [6.07, 6.45) is 0. The molecule has 1 heterocycles. The number of ether oxygens (including phenoxy) is 1. The lowest BCUT2D eigenvalue weighted by Crippen LogP contribution is -2.21. The molecule has 0 fully saturated rings. The summed E-state index contributed by atoms with van der Waals surface area (Å²) in [6.45, 7) is 2.51. The van der Waals surface area contributed by atoms with E-state index in [2.05, 4.69) is 31.9 Å². The van der Waals surface area contributed by atoms with E-state index in [0.29, 0.717) is 16.8 Å². The Bertz CT molecular complexity index is 763. The van der Waals surface area contributed by atoms with Crippen molar-refractivity contribution in [3.8, 4) is 23.1 Å². The van der Waals surface area contributed by atoms with E-state index in [-0.39, 0.29) is 12.2 Å². The number of pyridine rings is 1. The third-order valence-corrected chi connectivity index (χ3v) is 4.22. The number of hydrogen-bond donors (Lipinski definition) is 0. The van der Waals surface area contributed by atoms with Crippen LogP contribution in [0.4, 0.5) is 0 Å². The average molecular weight is 412 g/mol. The molecule has 1 aromatic heterocycles. The van der Waals surface area contributed by atoms with Crippen LogP contribution in [0.2, 0.25) is 0 Å². The van der Waals surface area contributed by atoms with Crippen LogP contribution in [0.1, 0.15) is 6.92 Å². The first-order valence-electron chi connectivity index (χ1n) is 6.27. The monoisotopic (exact) mass is 410 g/mol. The molecule has 21 heavy (non-hydrogen) atoms. The van der Waals surface area contributed by atoms with Gasteiger partial charge in [-0.3, -0.25) is 4.79 Å². The highest BCUT2D eigenvalue weighted by Gasteiger charge is 2.11. The van der Waals surface area contributed by atoms with Crippen LogP contribution >= 0.6 is 31.9 Å². The average Bonchev–Trinajstić information content (AvgIpc) is 2.48. The van der Waals surface area contributed by atoms with Gasteiger partial charge in [0.25, 0.3) is 5.56 Å². The van der Waals surface area contributed by atoms with Gasteiger partial charge in [-0.25, -0.2) is 0 Å². The van der Waals surface area contributed by atoms with Crippen molar-refractivity contribution in [3.63, 3.8) is 0 Å². The van der Waals surface area contributed by atoms with Crippen molar-refractivity contribution in [3.05, 3.63) is 49.6 Å². The lowest BCUT2D eigenvalue weighted by molar-refractivity contribution is 0.368. The molecule has 108 valence electrons. The molecule has 0 N–H and O–H groups in total. The van der Waals surface area contributed by atoms with Gasteiger partial charge in [0.2, 0.25) is 0 Å². The maximum atomic E-state index is 12.2. The maximum Gasteiger partial charge on any atom is 0.265 e. The second-order valence-corrected chi connectivity index (χ2v) is 5.91. The molecular weight excluding hydrogens is 400 g/mol. The van der Waals surface area contributed by atoms with E-state index in [1.165, 1.54) is 0 Å². The normalized spacial score (nSPS) is 10.2. The molecule has 2 rings (SSSR count). The molecule has 2 aromatic rings. The van der Waals surface area contributed by atoms with Crippen LogP contribution < -0.4 is 10.3 Å². The van der Waals surface area contributed by atoms with Crippen molar-refractivity contribution in [2.75, 3.05) is 6.61 Å². The van der Waals surface area contributed by atoms with Crippen LogP contribution in [-0.2, 0) is 6.54 Å². The van der Waals surface area contributed by atoms with Crippen LogP contribution in [0.5, 0.6) is 5.75 Å². The molecule has 0 aliphatic heterocycles. The van der Waals surface area contributed by atoms with Gasteiger partial charge >= 0.3 is 0 Å². The fraction of sp³-hybridized carbons (Fsp3) is 0.200. The Balaban J connectivity index is 2.51. The summed E-state index contributed by atoms with van der Waals surface area (Å²) in [4.78, 5) is 12.2. The summed E-state index contributed by atoms with van der Waals surface area (Å²) in [7, 11) is 0. The van der Waals surface area contributed by atoms with Gasteiger partial charge in [0.15, 0.2) is 6.61 Å². The van der Waals surface area contributed by atoms with Gasteiger partial charge in [-0.05, 0) is 69.1 Å². The van der Waals surface area contributed by atoms with Crippen molar-refractivity contribution < 1.29 is 4.74 Å². The zero-order valence-corrected chi connectivity index (χ0v) is 14.4. The van der Waals surface area contributed by atoms with Crippen LogP contribution in [0, 0.1) is 11.3 Å². The third-order valence-electron chi connectivity index (χ3n) is 2.96. The summed E-state index contributed by atoms with van der Waals surface area (Å²) in [6, 6.07) is 11.0. The number of aromatic nitrogens is 1. The minimum absolute atomic E-state index is 0.00371. The molecule has 0 saturated heterocycles. The van der Waals surface area contributed by atoms with E-state index in [9.17, 15) is 4.79 Å². The zero-order chi connectivity index (χ0) is 15.4. The predicted molar refractivity (Wildman–Crippen MR) is 88.3 cm³/mol. The van der Waals surface area contributed by atoms with E-state index in [4.69, 9.17) is 10.00 Å². The molecule has 0 spiro atoms. The van der Waals surface area contributed by atoms with Gasteiger partial charge in [-0.1, -0.05) is 0 Å². The van der Waals surface area contributed by atoms with Gasteiger partial charge in [-0.15, -0.1) is 0 Å². The largest absolute Gasteiger partial charge is 0.479 e. The maximum absolute atomic E-state index is 12.2. The lowest BCUT2D eigenvalue weighted by Gasteiger charge is -2.14. The molecule has 0 atom stereocenters. The zero-order valence-electron chi connectivity index (χ0n) is 11.3. The van der Waals surface area contributed by atoms with Crippen LogP contribution in [0.25, 0.3) is 11.3 Å². The minimum atomic E-state index is -0.0632. The highest BCUT2D eigenvalue weighted by atomic mass is 79.9. The van der Waals surface area contributed by atoms with Crippen molar-refractivity contribution in [1.82, 2.24) is 4.57 Å². The quantitative estimate of drug-likeness (QED) is 0.764.